The van der Waals surface area contributed by atoms with Crippen molar-refractivity contribution in [3.8, 4) is 0 Å². The van der Waals surface area contributed by atoms with Crippen molar-refractivity contribution < 1.29 is 0 Å². The van der Waals surface area contributed by atoms with Gasteiger partial charge in [-0.25, -0.2) is 0 Å². The van der Waals surface area contributed by atoms with Crippen molar-refractivity contribution in [2.24, 2.45) is 11.7 Å². The van der Waals surface area contributed by atoms with Crippen LogP contribution in [-0.4, -0.2) is 43.7 Å². The van der Waals surface area contributed by atoms with Crippen molar-refractivity contribution in [1.29, 1.82) is 0 Å². The van der Waals surface area contributed by atoms with E-state index in [1.165, 1.54) is 19.3 Å². The van der Waals surface area contributed by atoms with E-state index in [2.05, 4.69) is 38.2 Å². The van der Waals surface area contributed by atoms with Crippen molar-refractivity contribution in [3.05, 3.63) is 0 Å². The smallest absolute Gasteiger partial charge is 0.0199 e. The van der Waals surface area contributed by atoms with Crippen LogP contribution < -0.4 is 11.1 Å². The molecule has 0 radical (unpaired) electrons. The molecule has 3 nitrogen and oxygen atoms in total. The van der Waals surface area contributed by atoms with E-state index in [1.807, 2.05) is 0 Å². The van der Waals surface area contributed by atoms with Gasteiger partial charge in [-0.05, 0) is 45.7 Å². The molecule has 0 aromatic heterocycles. The first-order valence-electron chi connectivity index (χ1n) is 6.63. The van der Waals surface area contributed by atoms with Crippen LogP contribution in [-0.2, 0) is 0 Å². The van der Waals surface area contributed by atoms with Crippen LogP contribution in [0.25, 0.3) is 0 Å². The molecule has 0 aromatic rings. The first-order chi connectivity index (χ1) is 7.47. The zero-order valence-electron chi connectivity index (χ0n) is 11.4. The Morgan fingerprint density at radius 3 is 2.44 bits per heavy atom. The quantitative estimate of drug-likeness (QED) is 0.721. The van der Waals surface area contributed by atoms with Crippen molar-refractivity contribution in [1.82, 2.24) is 10.2 Å². The molecule has 3 atom stereocenters. The molecule has 0 bridgehead atoms. The van der Waals surface area contributed by atoms with Crippen LogP contribution in [0.5, 0.6) is 0 Å². The third kappa shape index (κ3) is 5.28. The highest BCUT2D eigenvalue weighted by Gasteiger charge is 2.24. The third-order valence-corrected chi connectivity index (χ3v) is 3.29. The number of likely N-dealkylation sites (N-methyl/N-ethyl adjacent to an activating group) is 1. The normalized spacial score (nSPS) is 27.9. The highest BCUT2D eigenvalue weighted by atomic mass is 15.1. The van der Waals surface area contributed by atoms with Gasteiger partial charge in [0.15, 0.2) is 0 Å². The summed E-state index contributed by atoms with van der Waals surface area (Å²) in [7, 11) is 4.30. The Morgan fingerprint density at radius 2 is 2.00 bits per heavy atom. The van der Waals surface area contributed by atoms with Gasteiger partial charge in [-0.2, -0.15) is 0 Å². The molecule has 3 unspecified atom stereocenters. The SMILES string of the molecule is CC(C)CC(CN(C)C)NC1CCC(N)C1. The average Bonchev–Trinajstić information content (AvgIpc) is 2.48. The number of nitrogens with two attached hydrogens (primary N) is 1. The summed E-state index contributed by atoms with van der Waals surface area (Å²) in [6, 6.07) is 1.69. The predicted octanol–water partition coefficient (Wildman–Crippen LogP) is 1.43. The molecule has 0 saturated heterocycles. The Hall–Kier alpha value is -0.120. The van der Waals surface area contributed by atoms with Gasteiger partial charge in [-0.15, -0.1) is 0 Å². The van der Waals surface area contributed by atoms with E-state index in [-0.39, 0.29) is 0 Å². The summed E-state index contributed by atoms with van der Waals surface area (Å²) < 4.78 is 0. The molecule has 16 heavy (non-hydrogen) atoms. The van der Waals surface area contributed by atoms with Gasteiger partial charge in [-0.1, -0.05) is 13.8 Å². The fourth-order valence-corrected chi connectivity index (χ4v) is 2.71. The van der Waals surface area contributed by atoms with Gasteiger partial charge in [0.25, 0.3) is 0 Å². The zero-order chi connectivity index (χ0) is 12.1. The standard InChI is InChI=1S/C13H29N3/c1-10(2)7-13(9-16(3)4)15-12-6-5-11(14)8-12/h10-13,15H,5-9,14H2,1-4H3. The van der Waals surface area contributed by atoms with Crippen LogP contribution in [0.1, 0.15) is 39.5 Å². The summed E-state index contributed by atoms with van der Waals surface area (Å²) in [4.78, 5) is 2.27. The van der Waals surface area contributed by atoms with Crippen LogP contribution >= 0.6 is 0 Å². The molecular formula is C13H29N3. The number of hydrogen-bond acceptors (Lipinski definition) is 3. The fraction of sp³-hybridized carbons (Fsp3) is 1.00. The minimum Gasteiger partial charge on any atom is -0.328 e. The number of nitrogens with one attached hydrogen (secondary N) is 1. The summed E-state index contributed by atoms with van der Waals surface area (Å²) in [5.74, 6) is 0.757. The Labute approximate surface area is 101 Å². The Kier molecular flexibility index (Phi) is 5.73. The topological polar surface area (TPSA) is 41.3 Å². The molecule has 1 fully saturated rings. The van der Waals surface area contributed by atoms with Gasteiger partial charge < -0.3 is 16.0 Å². The van der Waals surface area contributed by atoms with Gasteiger partial charge >= 0.3 is 0 Å². The summed E-state index contributed by atoms with van der Waals surface area (Å²) in [6.07, 6.45) is 4.85. The average molecular weight is 227 g/mol. The van der Waals surface area contributed by atoms with Crippen LogP contribution in [0.15, 0.2) is 0 Å². The first-order valence-corrected chi connectivity index (χ1v) is 6.63. The van der Waals surface area contributed by atoms with E-state index >= 15 is 0 Å². The monoisotopic (exact) mass is 227 g/mol. The molecule has 1 rings (SSSR count). The van der Waals surface area contributed by atoms with Crippen LogP contribution in [0.4, 0.5) is 0 Å². The summed E-state index contributed by atoms with van der Waals surface area (Å²) >= 11 is 0. The maximum absolute atomic E-state index is 5.95. The Balaban J connectivity index is 2.36. The van der Waals surface area contributed by atoms with E-state index in [0.717, 1.165) is 18.9 Å². The van der Waals surface area contributed by atoms with Crippen molar-refractivity contribution in [2.45, 2.75) is 57.7 Å². The molecule has 0 amide bonds. The molecule has 1 aliphatic rings. The lowest BCUT2D eigenvalue weighted by Crippen LogP contribution is -2.44. The lowest BCUT2D eigenvalue weighted by molar-refractivity contribution is 0.285. The number of hydrogen-bond donors (Lipinski definition) is 2. The van der Waals surface area contributed by atoms with E-state index in [4.69, 9.17) is 5.73 Å². The first kappa shape index (κ1) is 13.9. The van der Waals surface area contributed by atoms with Crippen molar-refractivity contribution >= 4 is 0 Å². The summed E-state index contributed by atoms with van der Waals surface area (Å²) in [5.41, 5.74) is 5.95. The maximum Gasteiger partial charge on any atom is 0.0199 e. The molecule has 3 heteroatoms. The second kappa shape index (κ2) is 6.58. The van der Waals surface area contributed by atoms with Crippen LogP contribution in [0, 0.1) is 5.92 Å². The fourth-order valence-electron chi connectivity index (χ4n) is 2.71. The largest absolute Gasteiger partial charge is 0.328 e. The summed E-state index contributed by atoms with van der Waals surface area (Å²) in [5, 5.41) is 3.79. The third-order valence-electron chi connectivity index (χ3n) is 3.29. The maximum atomic E-state index is 5.95. The van der Waals surface area contributed by atoms with Crippen molar-refractivity contribution in [2.75, 3.05) is 20.6 Å². The number of nitrogens with zero attached hydrogens (tertiary/aromatic N) is 1. The van der Waals surface area contributed by atoms with Gasteiger partial charge in [0, 0.05) is 24.7 Å². The predicted molar refractivity (Wildman–Crippen MR) is 70.5 cm³/mol. The summed E-state index contributed by atoms with van der Waals surface area (Å²) in [6.45, 7) is 5.72. The lowest BCUT2D eigenvalue weighted by atomic mass is 10.0. The second-order valence-electron chi connectivity index (χ2n) is 6.03. The van der Waals surface area contributed by atoms with Crippen LogP contribution in [0.2, 0.25) is 0 Å². The molecule has 0 aliphatic heterocycles. The highest BCUT2D eigenvalue weighted by Crippen LogP contribution is 2.19. The Morgan fingerprint density at radius 1 is 1.31 bits per heavy atom. The molecule has 0 aromatic carbocycles. The van der Waals surface area contributed by atoms with Gasteiger partial charge in [0.05, 0.1) is 0 Å². The second-order valence-corrected chi connectivity index (χ2v) is 6.03. The van der Waals surface area contributed by atoms with E-state index in [0.29, 0.717) is 18.1 Å². The minimum atomic E-state index is 0.427. The lowest BCUT2D eigenvalue weighted by Gasteiger charge is -2.27. The molecular weight excluding hydrogens is 198 g/mol. The molecule has 96 valence electrons. The highest BCUT2D eigenvalue weighted by molar-refractivity contribution is 4.86. The van der Waals surface area contributed by atoms with Gasteiger partial charge in [-0.3, -0.25) is 0 Å². The van der Waals surface area contributed by atoms with Crippen molar-refractivity contribution in [3.63, 3.8) is 0 Å². The van der Waals surface area contributed by atoms with Gasteiger partial charge in [0.2, 0.25) is 0 Å². The molecule has 1 saturated carbocycles. The van der Waals surface area contributed by atoms with E-state index in [9.17, 15) is 0 Å². The number of rotatable bonds is 6. The van der Waals surface area contributed by atoms with E-state index < -0.39 is 0 Å². The zero-order valence-corrected chi connectivity index (χ0v) is 11.4. The minimum absolute atomic E-state index is 0.427. The van der Waals surface area contributed by atoms with Crippen LogP contribution in [0.3, 0.4) is 0 Å². The Bertz CT molecular complexity index is 182. The molecule has 1 aliphatic carbocycles. The molecule has 0 heterocycles. The van der Waals surface area contributed by atoms with E-state index in [1.54, 1.807) is 0 Å². The molecule has 0 spiro atoms. The van der Waals surface area contributed by atoms with Gasteiger partial charge in [0.1, 0.15) is 0 Å². The molecule has 3 N–H and O–H groups in total.